The average molecular weight is 347 g/mol. The van der Waals surface area contributed by atoms with Crippen LogP contribution in [-0.2, 0) is 13.6 Å². The molecule has 0 bridgehead atoms. The number of H-pyrrole nitrogens is 1. The first-order valence-electron chi connectivity index (χ1n) is 9.36. The van der Waals surface area contributed by atoms with Crippen molar-refractivity contribution in [1.29, 1.82) is 0 Å². The van der Waals surface area contributed by atoms with Crippen molar-refractivity contribution in [1.82, 2.24) is 19.1 Å². The van der Waals surface area contributed by atoms with Gasteiger partial charge >= 0.3 is 5.69 Å². The number of nitrogens with zero attached hydrogens (tertiary/aromatic N) is 4. The van der Waals surface area contributed by atoms with E-state index < -0.39 is 5.69 Å². The van der Waals surface area contributed by atoms with Gasteiger partial charge in [0.15, 0.2) is 11.2 Å². The van der Waals surface area contributed by atoms with Crippen LogP contribution < -0.4 is 16.1 Å². The molecule has 0 spiro atoms. The third-order valence-electron chi connectivity index (χ3n) is 5.12. The minimum atomic E-state index is -0.414. The van der Waals surface area contributed by atoms with Crippen molar-refractivity contribution >= 4 is 17.1 Å². The van der Waals surface area contributed by atoms with Gasteiger partial charge in [0.2, 0.25) is 5.95 Å². The molecule has 0 saturated carbocycles. The molecule has 138 valence electrons. The molecule has 0 aliphatic carbocycles. The summed E-state index contributed by atoms with van der Waals surface area (Å²) in [4.78, 5) is 33.9. The van der Waals surface area contributed by atoms with E-state index in [9.17, 15) is 9.59 Å². The lowest BCUT2D eigenvalue weighted by Crippen LogP contribution is -2.40. The first-order valence-corrected chi connectivity index (χ1v) is 9.36. The third-order valence-corrected chi connectivity index (χ3v) is 5.12. The molecule has 3 heterocycles. The van der Waals surface area contributed by atoms with E-state index in [2.05, 4.69) is 30.7 Å². The van der Waals surface area contributed by atoms with E-state index in [0.717, 1.165) is 44.8 Å². The van der Waals surface area contributed by atoms with E-state index in [0.29, 0.717) is 23.0 Å². The highest BCUT2D eigenvalue weighted by Crippen LogP contribution is 2.28. The molecule has 1 saturated heterocycles. The summed E-state index contributed by atoms with van der Waals surface area (Å²) in [5.41, 5.74) is 0.235. The second-order valence-electron chi connectivity index (χ2n) is 7.61. The molecule has 2 atom stereocenters. The molecule has 3 rings (SSSR count). The van der Waals surface area contributed by atoms with Gasteiger partial charge in [0, 0.05) is 26.7 Å². The van der Waals surface area contributed by atoms with Gasteiger partial charge in [-0.2, -0.15) is 4.98 Å². The minimum absolute atomic E-state index is 0.341. The van der Waals surface area contributed by atoms with Crippen LogP contribution in [0, 0.1) is 11.8 Å². The summed E-state index contributed by atoms with van der Waals surface area (Å²) in [7, 11) is 1.66. The smallest absolute Gasteiger partial charge is 0.329 e. The first kappa shape index (κ1) is 17.8. The summed E-state index contributed by atoms with van der Waals surface area (Å²) in [6.07, 6.45) is 4.44. The number of unbranched alkanes of at least 4 members (excludes halogenated alkanes) is 2. The van der Waals surface area contributed by atoms with Gasteiger partial charge in [-0.3, -0.25) is 14.3 Å². The van der Waals surface area contributed by atoms with E-state index in [1.54, 1.807) is 7.05 Å². The maximum absolute atomic E-state index is 12.5. The SMILES string of the molecule is CCCCCn1c(N2C[C@H](C)C[C@@H](C)C2)nc2c1c(=O)[nH]c(=O)n2C. The standard InChI is InChI=1S/C18H29N5O2/c1-5-6-7-8-23-14-15(21(4)18(25)20-16(14)24)19-17(23)22-10-12(2)9-13(3)11-22/h12-13H,5-11H2,1-4H3,(H,20,24,25)/t12-,13-/m1/s1. The van der Waals surface area contributed by atoms with Gasteiger partial charge in [-0.25, -0.2) is 4.79 Å². The molecule has 7 heteroatoms. The number of aromatic nitrogens is 4. The molecule has 1 aliphatic rings. The fourth-order valence-electron chi connectivity index (χ4n) is 4.02. The van der Waals surface area contributed by atoms with Crippen molar-refractivity contribution in [3.63, 3.8) is 0 Å². The van der Waals surface area contributed by atoms with Crippen LogP contribution in [0.1, 0.15) is 46.5 Å². The molecule has 2 aromatic heterocycles. The molecular weight excluding hydrogens is 318 g/mol. The van der Waals surface area contributed by atoms with E-state index in [1.807, 2.05) is 4.57 Å². The quantitative estimate of drug-likeness (QED) is 0.841. The van der Waals surface area contributed by atoms with Gasteiger partial charge in [-0.05, 0) is 24.7 Å². The lowest BCUT2D eigenvalue weighted by molar-refractivity contribution is 0.351. The van der Waals surface area contributed by atoms with Crippen LogP contribution in [0.2, 0.25) is 0 Å². The normalized spacial score (nSPS) is 21.2. The fourth-order valence-corrected chi connectivity index (χ4v) is 4.02. The Labute approximate surface area is 147 Å². The van der Waals surface area contributed by atoms with Crippen LogP contribution in [-0.4, -0.2) is 32.2 Å². The van der Waals surface area contributed by atoms with Crippen molar-refractivity contribution < 1.29 is 0 Å². The zero-order valence-corrected chi connectivity index (χ0v) is 15.7. The number of aryl methyl sites for hydroxylation is 2. The van der Waals surface area contributed by atoms with Gasteiger partial charge in [-0.1, -0.05) is 33.6 Å². The van der Waals surface area contributed by atoms with Crippen LogP contribution in [0.15, 0.2) is 9.59 Å². The van der Waals surface area contributed by atoms with Crippen LogP contribution >= 0.6 is 0 Å². The average Bonchev–Trinajstić information content (AvgIpc) is 2.92. The highest BCUT2D eigenvalue weighted by molar-refractivity contribution is 5.74. The van der Waals surface area contributed by atoms with Crippen LogP contribution in [0.25, 0.3) is 11.2 Å². The molecule has 1 fully saturated rings. The maximum atomic E-state index is 12.5. The zero-order chi connectivity index (χ0) is 18.1. The highest BCUT2D eigenvalue weighted by atomic mass is 16.2. The molecule has 0 amide bonds. The van der Waals surface area contributed by atoms with Crippen molar-refractivity contribution in [3.8, 4) is 0 Å². The largest absolute Gasteiger partial charge is 0.342 e. The predicted octanol–water partition coefficient (Wildman–Crippen LogP) is 2.10. The molecule has 0 radical (unpaired) electrons. The van der Waals surface area contributed by atoms with Gasteiger partial charge in [-0.15, -0.1) is 0 Å². The summed E-state index contributed by atoms with van der Waals surface area (Å²) < 4.78 is 3.46. The Morgan fingerprint density at radius 3 is 2.48 bits per heavy atom. The minimum Gasteiger partial charge on any atom is -0.342 e. The number of hydrogen-bond acceptors (Lipinski definition) is 4. The van der Waals surface area contributed by atoms with Crippen molar-refractivity contribution in [2.75, 3.05) is 18.0 Å². The molecule has 0 unspecified atom stereocenters. The topological polar surface area (TPSA) is 75.9 Å². The molecule has 0 aromatic carbocycles. The second-order valence-corrected chi connectivity index (χ2v) is 7.61. The van der Waals surface area contributed by atoms with Gasteiger partial charge in [0.1, 0.15) is 0 Å². The van der Waals surface area contributed by atoms with E-state index in [4.69, 9.17) is 4.98 Å². The Morgan fingerprint density at radius 1 is 1.16 bits per heavy atom. The number of fused-ring (bicyclic) bond motifs is 1. The molecule has 1 N–H and O–H groups in total. The third kappa shape index (κ3) is 3.37. The Balaban J connectivity index is 2.14. The van der Waals surface area contributed by atoms with Crippen LogP contribution in [0.5, 0.6) is 0 Å². The number of imidazole rings is 1. The number of rotatable bonds is 5. The van der Waals surface area contributed by atoms with Crippen LogP contribution in [0.3, 0.4) is 0 Å². The maximum Gasteiger partial charge on any atom is 0.329 e. The Hall–Kier alpha value is -2.05. The molecule has 1 aliphatic heterocycles. The van der Waals surface area contributed by atoms with E-state index in [1.165, 1.54) is 11.0 Å². The first-order chi connectivity index (χ1) is 11.9. The Morgan fingerprint density at radius 2 is 1.84 bits per heavy atom. The summed E-state index contributed by atoms with van der Waals surface area (Å²) in [5, 5.41) is 0. The molecule has 7 nitrogen and oxygen atoms in total. The lowest BCUT2D eigenvalue weighted by atomic mass is 9.92. The molecule has 2 aromatic rings. The van der Waals surface area contributed by atoms with E-state index >= 15 is 0 Å². The molecular formula is C18H29N5O2. The Kier molecular flexibility index (Phi) is 5.01. The van der Waals surface area contributed by atoms with Gasteiger partial charge in [0.25, 0.3) is 5.56 Å². The van der Waals surface area contributed by atoms with E-state index in [-0.39, 0.29) is 5.56 Å². The van der Waals surface area contributed by atoms with Crippen LogP contribution in [0.4, 0.5) is 5.95 Å². The van der Waals surface area contributed by atoms with Crippen molar-refractivity contribution in [2.45, 2.75) is 53.0 Å². The number of aromatic amines is 1. The highest BCUT2D eigenvalue weighted by Gasteiger charge is 2.27. The fraction of sp³-hybridized carbons (Fsp3) is 0.722. The summed E-state index contributed by atoms with van der Waals surface area (Å²) in [6.45, 7) is 9.31. The van der Waals surface area contributed by atoms with Gasteiger partial charge in [0.05, 0.1) is 0 Å². The Bertz CT molecular complexity index is 853. The van der Waals surface area contributed by atoms with Gasteiger partial charge < -0.3 is 9.47 Å². The predicted molar refractivity (Wildman–Crippen MR) is 100 cm³/mol. The number of nitrogens with one attached hydrogen (secondary N) is 1. The van der Waals surface area contributed by atoms with Crippen molar-refractivity contribution in [2.24, 2.45) is 18.9 Å². The van der Waals surface area contributed by atoms with Crippen molar-refractivity contribution in [3.05, 3.63) is 20.8 Å². The summed E-state index contributed by atoms with van der Waals surface area (Å²) in [6, 6.07) is 0. The number of anilines is 1. The molecule has 25 heavy (non-hydrogen) atoms. The summed E-state index contributed by atoms with van der Waals surface area (Å²) in [5.74, 6) is 2.01. The number of piperidine rings is 1. The zero-order valence-electron chi connectivity index (χ0n) is 15.7. The lowest BCUT2D eigenvalue weighted by Gasteiger charge is -2.35. The second kappa shape index (κ2) is 7.06. The monoisotopic (exact) mass is 347 g/mol. The number of hydrogen-bond donors (Lipinski definition) is 1. The summed E-state index contributed by atoms with van der Waals surface area (Å²) >= 11 is 0.